The fraction of sp³-hybridized carbons (Fsp3) is 0.222. The van der Waals surface area contributed by atoms with Gasteiger partial charge in [-0.3, -0.25) is 14.8 Å². The maximum Gasteiger partial charge on any atom is 0.254 e. The minimum atomic E-state index is 0.00678. The van der Waals surface area contributed by atoms with Crippen LogP contribution in [0.4, 0.5) is 0 Å². The van der Waals surface area contributed by atoms with Crippen molar-refractivity contribution in [3.8, 4) is 11.1 Å². The second kappa shape index (κ2) is 9.28. The minimum Gasteiger partial charge on any atom is -0.381 e. The lowest BCUT2D eigenvalue weighted by Gasteiger charge is -2.27. The van der Waals surface area contributed by atoms with Gasteiger partial charge in [-0.25, -0.2) is 0 Å². The Kier molecular flexibility index (Phi) is 5.90. The quantitative estimate of drug-likeness (QED) is 0.439. The first-order valence-electron chi connectivity index (χ1n) is 11.0. The molecule has 1 atom stereocenters. The molecule has 3 aromatic carbocycles. The summed E-state index contributed by atoms with van der Waals surface area (Å²) < 4.78 is 5.59. The summed E-state index contributed by atoms with van der Waals surface area (Å²) >= 11 is 0. The number of hydrogen-bond acceptors (Lipinski definition) is 4. The number of hydrogen-bond donors (Lipinski definition) is 0. The highest BCUT2D eigenvalue weighted by Crippen LogP contribution is 2.26. The highest BCUT2D eigenvalue weighted by atomic mass is 16.5. The molecule has 160 valence electrons. The van der Waals surface area contributed by atoms with Crippen LogP contribution in [0, 0.1) is 5.92 Å². The average molecular weight is 424 g/mol. The molecule has 1 fully saturated rings. The fourth-order valence-electron chi connectivity index (χ4n) is 4.30. The summed E-state index contributed by atoms with van der Waals surface area (Å²) in [5.74, 6) is 0.357. The lowest BCUT2D eigenvalue weighted by atomic mass is 9.98. The molecule has 1 aromatic heterocycles. The Balaban J connectivity index is 1.48. The molecule has 0 bridgehead atoms. The third kappa shape index (κ3) is 4.39. The molecule has 0 saturated carbocycles. The predicted octanol–water partition coefficient (Wildman–Crippen LogP) is 4.98. The topological polar surface area (TPSA) is 55.3 Å². The SMILES string of the molecule is O=C(c1ccc2nccnc2c1)N(Cc1ccccc1-c1ccccc1)CC1CCOC1. The van der Waals surface area contributed by atoms with E-state index < -0.39 is 0 Å². The smallest absolute Gasteiger partial charge is 0.254 e. The monoisotopic (exact) mass is 423 g/mol. The standard InChI is InChI=1S/C27H25N3O2/c31-27(22-10-11-25-26(16-22)29-14-13-28-25)30(17-20-12-15-32-19-20)18-23-8-4-5-9-24(23)21-6-2-1-3-7-21/h1-11,13-14,16,20H,12,15,17-19H2. The Hall–Kier alpha value is -3.57. The van der Waals surface area contributed by atoms with E-state index in [0.717, 1.165) is 40.8 Å². The molecule has 1 saturated heterocycles. The lowest BCUT2D eigenvalue weighted by Crippen LogP contribution is -2.35. The first-order valence-corrected chi connectivity index (χ1v) is 11.0. The average Bonchev–Trinajstić information content (AvgIpc) is 3.37. The number of rotatable bonds is 6. The van der Waals surface area contributed by atoms with Gasteiger partial charge in [0.2, 0.25) is 0 Å². The number of nitrogens with zero attached hydrogens (tertiary/aromatic N) is 3. The molecule has 5 rings (SSSR count). The van der Waals surface area contributed by atoms with Gasteiger partial charge >= 0.3 is 0 Å². The van der Waals surface area contributed by atoms with Gasteiger partial charge in [0.15, 0.2) is 0 Å². The van der Waals surface area contributed by atoms with Crippen molar-refractivity contribution in [1.29, 1.82) is 0 Å². The molecule has 1 aliphatic rings. The summed E-state index contributed by atoms with van der Waals surface area (Å²) in [6.45, 7) is 2.67. The van der Waals surface area contributed by atoms with Crippen LogP contribution in [0.25, 0.3) is 22.2 Å². The van der Waals surface area contributed by atoms with Crippen LogP contribution in [0.1, 0.15) is 22.3 Å². The zero-order valence-electron chi connectivity index (χ0n) is 17.9. The van der Waals surface area contributed by atoms with Gasteiger partial charge in [0.05, 0.1) is 17.6 Å². The maximum atomic E-state index is 13.7. The van der Waals surface area contributed by atoms with E-state index in [0.29, 0.717) is 31.2 Å². The number of carbonyl (C=O) groups is 1. The van der Waals surface area contributed by atoms with Gasteiger partial charge in [-0.1, -0.05) is 54.6 Å². The molecule has 5 heteroatoms. The van der Waals surface area contributed by atoms with Crippen LogP contribution in [0.5, 0.6) is 0 Å². The maximum absolute atomic E-state index is 13.7. The Morgan fingerprint density at radius 2 is 1.72 bits per heavy atom. The number of amides is 1. The van der Waals surface area contributed by atoms with E-state index in [-0.39, 0.29) is 5.91 Å². The zero-order chi connectivity index (χ0) is 21.8. The fourth-order valence-corrected chi connectivity index (χ4v) is 4.30. The predicted molar refractivity (Wildman–Crippen MR) is 125 cm³/mol. The van der Waals surface area contributed by atoms with E-state index in [2.05, 4.69) is 34.2 Å². The minimum absolute atomic E-state index is 0.00678. The van der Waals surface area contributed by atoms with Crippen molar-refractivity contribution in [3.05, 3.63) is 96.3 Å². The molecule has 0 aliphatic carbocycles. The molecular formula is C27H25N3O2. The lowest BCUT2D eigenvalue weighted by molar-refractivity contribution is 0.0707. The Bertz CT molecular complexity index is 1220. The van der Waals surface area contributed by atoms with Crippen LogP contribution in [-0.4, -0.2) is 40.5 Å². The number of carbonyl (C=O) groups excluding carboxylic acids is 1. The van der Waals surface area contributed by atoms with Crippen molar-refractivity contribution in [2.45, 2.75) is 13.0 Å². The number of ether oxygens (including phenoxy) is 1. The molecule has 0 N–H and O–H groups in total. The first kappa shape index (κ1) is 20.3. The molecular weight excluding hydrogens is 398 g/mol. The summed E-state index contributed by atoms with van der Waals surface area (Å²) in [4.78, 5) is 24.3. The summed E-state index contributed by atoms with van der Waals surface area (Å²) in [5, 5.41) is 0. The zero-order valence-corrected chi connectivity index (χ0v) is 17.9. The molecule has 0 radical (unpaired) electrons. The van der Waals surface area contributed by atoms with E-state index in [1.165, 1.54) is 0 Å². The van der Waals surface area contributed by atoms with Crippen molar-refractivity contribution >= 4 is 16.9 Å². The van der Waals surface area contributed by atoms with Crippen molar-refractivity contribution in [2.75, 3.05) is 19.8 Å². The molecule has 5 nitrogen and oxygen atoms in total. The number of aromatic nitrogens is 2. The van der Waals surface area contributed by atoms with Gasteiger partial charge in [-0.05, 0) is 41.3 Å². The molecule has 2 heterocycles. The third-order valence-electron chi connectivity index (χ3n) is 5.97. The van der Waals surface area contributed by atoms with Gasteiger partial charge in [-0.15, -0.1) is 0 Å². The van der Waals surface area contributed by atoms with Gasteiger partial charge < -0.3 is 9.64 Å². The summed E-state index contributed by atoms with van der Waals surface area (Å²) in [7, 11) is 0. The number of fused-ring (bicyclic) bond motifs is 1. The second-order valence-corrected chi connectivity index (χ2v) is 8.20. The van der Waals surface area contributed by atoms with Crippen LogP contribution in [0.2, 0.25) is 0 Å². The largest absolute Gasteiger partial charge is 0.381 e. The van der Waals surface area contributed by atoms with E-state index in [9.17, 15) is 4.79 Å². The van der Waals surface area contributed by atoms with Crippen LogP contribution < -0.4 is 0 Å². The summed E-state index contributed by atoms with van der Waals surface area (Å²) in [6.07, 6.45) is 4.30. The normalized spacial score (nSPS) is 15.7. The Morgan fingerprint density at radius 1 is 0.938 bits per heavy atom. The van der Waals surface area contributed by atoms with E-state index in [1.54, 1.807) is 12.4 Å². The molecule has 1 amide bonds. The van der Waals surface area contributed by atoms with Crippen molar-refractivity contribution < 1.29 is 9.53 Å². The van der Waals surface area contributed by atoms with E-state index in [1.807, 2.05) is 53.4 Å². The Morgan fingerprint density at radius 3 is 2.53 bits per heavy atom. The van der Waals surface area contributed by atoms with Gasteiger partial charge in [0.25, 0.3) is 5.91 Å². The van der Waals surface area contributed by atoms with Crippen LogP contribution in [-0.2, 0) is 11.3 Å². The first-order chi connectivity index (χ1) is 15.8. The van der Waals surface area contributed by atoms with Crippen LogP contribution in [0.3, 0.4) is 0 Å². The summed E-state index contributed by atoms with van der Waals surface area (Å²) in [6, 6.07) is 24.2. The van der Waals surface area contributed by atoms with Crippen LogP contribution >= 0.6 is 0 Å². The molecule has 32 heavy (non-hydrogen) atoms. The molecule has 0 spiro atoms. The van der Waals surface area contributed by atoms with E-state index >= 15 is 0 Å². The van der Waals surface area contributed by atoms with Gasteiger partial charge in [0, 0.05) is 43.6 Å². The molecule has 1 aliphatic heterocycles. The Labute approximate surface area is 187 Å². The molecule has 4 aromatic rings. The highest BCUT2D eigenvalue weighted by Gasteiger charge is 2.24. The highest BCUT2D eigenvalue weighted by molar-refractivity contribution is 5.97. The van der Waals surface area contributed by atoms with Gasteiger partial charge in [0.1, 0.15) is 0 Å². The molecule has 1 unspecified atom stereocenters. The van der Waals surface area contributed by atoms with Crippen LogP contribution in [0.15, 0.2) is 85.2 Å². The van der Waals surface area contributed by atoms with Crippen molar-refractivity contribution in [1.82, 2.24) is 14.9 Å². The second-order valence-electron chi connectivity index (χ2n) is 8.20. The van der Waals surface area contributed by atoms with E-state index in [4.69, 9.17) is 4.74 Å². The summed E-state index contributed by atoms with van der Waals surface area (Å²) in [5.41, 5.74) is 5.58. The third-order valence-corrected chi connectivity index (χ3v) is 5.97. The van der Waals surface area contributed by atoms with Gasteiger partial charge in [-0.2, -0.15) is 0 Å². The number of benzene rings is 3. The van der Waals surface area contributed by atoms with Crippen molar-refractivity contribution in [3.63, 3.8) is 0 Å². The van der Waals surface area contributed by atoms with Crippen molar-refractivity contribution in [2.24, 2.45) is 5.92 Å².